The van der Waals surface area contributed by atoms with Crippen LogP contribution in [0.4, 0.5) is 19.0 Å². The van der Waals surface area contributed by atoms with Crippen LogP contribution in [0.25, 0.3) is 21.1 Å². The Kier molecular flexibility index (Phi) is 7.13. The lowest BCUT2D eigenvalue weighted by Crippen LogP contribution is -2.75. The standard InChI is InChI=1S/C33H36F3N7OS/c1-19-22(4-5-28-26(19)10-24(13-37)43(28)18-31-15-32(16-31,17-31)41-21(3)44)14-42-8-6-23(7-9-42)40-29-27-11-25(12-33(34,35)36)45-30(27)39-20(2)38-29/h4-5,10-11,23H,6-9,12,14-18H2,1-3H3,(H,41,44)(H,38,39,40). The Balaban J connectivity index is 1.00. The SMILES string of the molecule is CC(=O)NC12CC(Cn3c(C#N)cc4c(C)c(CN5CCC(Nc6nc(C)nc7sc(CC(F)(F)F)cc67)CC5)ccc43)(C1)C2. The molecule has 1 aliphatic heterocycles. The van der Waals surface area contributed by atoms with Gasteiger partial charge in [-0.15, -0.1) is 11.3 Å². The van der Waals surface area contributed by atoms with E-state index in [1.54, 1.807) is 19.9 Å². The van der Waals surface area contributed by atoms with Crippen LogP contribution in [-0.4, -0.2) is 56.2 Å². The number of aryl methyl sites for hydroxylation is 2. The number of alkyl halides is 3. The van der Waals surface area contributed by atoms with Crippen LogP contribution in [-0.2, 0) is 24.3 Å². The molecule has 3 aliphatic carbocycles. The smallest absolute Gasteiger partial charge is 0.367 e. The molecule has 8 rings (SSSR count). The number of hydrogen-bond donors (Lipinski definition) is 2. The van der Waals surface area contributed by atoms with Crippen molar-refractivity contribution in [1.82, 2.24) is 24.8 Å². The van der Waals surface area contributed by atoms with Gasteiger partial charge in [0.25, 0.3) is 0 Å². The minimum atomic E-state index is -4.26. The zero-order valence-corrected chi connectivity index (χ0v) is 26.5. The van der Waals surface area contributed by atoms with Gasteiger partial charge in [0, 0.05) is 60.5 Å². The fourth-order valence-corrected chi connectivity index (χ4v) is 9.21. The maximum absolute atomic E-state index is 13.0. The molecule has 4 aliphatic rings. The van der Waals surface area contributed by atoms with E-state index < -0.39 is 12.6 Å². The van der Waals surface area contributed by atoms with E-state index >= 15 is 0 Å². The second kappa shape index (κ2) is 10.7. The largest absolute Gasteiger partial charge is 0.393 e. The molecular formula is C33H36F3N7OS. The van der Waals surface area contributed by atoms with Gasteiger partial charge in [0.2, 0.25) is 5.91 Å². The van der Waals surface area contributed by atoms with E-state index in [2.05, 4.69) is 55.2 Å². The summed E-state index contributed by atoms with van der Waals surface area (Å²) in [4.78, 5) is 23.8. The number of nitrogens with one attached hydrogen (secondary N) is 2. The van der Waals surface area contributed by atoms with Gasteiger partial charge in [-0.05, 0) is 80.7 Å². The average Bonchev–Trinajstić information content (AvgIpc) is 3.48. The van der Waals surface area contributed by atoms with Crippen LogP contribution in [0.3, 0.4) is 0 Å². The van der Waals surface area contributed by atoms with E-state index in [0.717, 1.165) is 80.5 Å². The van der Waals surface area contributed by atoms with E-state index in [4.69, 9.17) is 0 Å². The molecule has 45 heavy (non-hydrogen) atoms. The summed E-state index contributed by atoms with van der Waals surface area (Å²) in [5.41, 5.74) is 4.34. The molecule has 0 unspecified atom stereocenters. The number of likely N-dealkylation sites (tertiary alicyclic amines) is 1. The van der Waals surface area contributed by atoms with Crippen molar-refractivity contribution < 1.29 is 18.0 Å². The zero-order chi connectivity index (χ0) is 31.7. The minimum absolute atomic E-state index is 0.0260. The van der Waals surface area contributed by atoms with E-state index in [1.165, 1.54) is 11.1 Å². The quantitative estimate of drug-likeness (QED) is 0.233. The van der Waals surface area contributed by atoms with Crippen molar-refractivity contribution in [3.05, 3.63) is 51.8 Å². The number of nitriles is 1. The maximum Gasteiger partial charge on any atom is 0.393 e. The topological polar surface area (TPSA) is 98.9 Å². The number of hydrogen-bond acceptors (Lipinski definition) is 7. The van der Waals surface area contributed by atoms with Crippen molar-refractivity contribution in [3.8, 4) is 6.07 Å². The molecule has 4 fully saturated rings. The summed E-state index contributed by atoms with van der Waals surface area (Å²) < 4.78 is 41.2. The van der Waals surface area contributed by atoms with Gasteiger partial charge in [0.05, 0.1) is 11.8 Å². The molecule has 1 aromatic carbocycles. The maximum atomic E-state index is 13.0. The Hall–Kier alpha value is -3.69. The van der Waals surface area contributed by atoms with Gasteiger partial charge in [0.1, 0.15) is 28.2 Å². The molecule has 236 valence electrons. The monoisotopic (exact) mass is 635 g/mol. The lowest BCUT2D eigenvalue weighted by molar-refractivity contribution is -0.170. The number of benzene rings is 1. The summed E-state index contributed by atoms with van der Waals surface area (Å²) in [5.74, 6) is 1.18. The fraction of sp³-hybridized carbons (Fsp3) is 0.515. The number of carbonyl (C=O) groups is 1. The number of thiophene rings is 1. The number of anilines is 1. The fourth-order valence-electron chi connectivity index (χ4n) is 8.11. The molecule has 4 aromatic rings. The summed E-state index contributed by atoms with van der Waals surface area (Å²) in [7, 11) is 0. The molecule has 1 saturated heterocycles. The van der Waals surface area contributed by atoms with Gasteiger partial charge in [0.15, 0.2) is 0 Å². The van der Waals surface area contributed by atoms with Crippen LogP contribution in [0.2, 0.25) is 0 Å². The second-order valence-corrected chi connectivity index (χ2v) is 14.7. The Morgan fingerprint density at radius 2 is 1.87 bits per heavy atom. The van der Waals surface area contributed by atoms with Crippen molar-refractivity contribution in [1.29, 1.82) is 5.26 Å². The van der Waals surface area contributed by atoms with E-state index in [1.807, 2.05) is 6.07 Å². The highest BCUT2D eigenvalue weighted by Gasteiger charge is 2.68. The molecule has 0 spiro atoms. The zero-order valence-electron chi connectivity index (χ0n) is 25.6. The first-order valence-corrected chi connectivity index (χ1v) is 16.3. The summed E-state index contributed by atoms with van der Waals surface area (Å²) in [6.07, 6.45) is -0.519. The van der Waals surface area contributed by atoms with E-state index in [9.17, 15) is 23.2 Å². The molecule has 3 saturated carbocycles. The lowest BCUT2D eigenvalue weighted by atomic mass is 9.39. The molecule has 1 amide bonds. The molecule has 0 radical (unpaired) electrons. The third kappa shape index (κ3) is 5.65. The number of carbonyl (C=O) groups excluding carboxylic acids is 1. The van der Waals surface area contributed by atoms with Crippen molar-refractivity contribution in [2.75, 3.05) is 18.4 Å². The number of halogens is 3. The molecule has 2 bridgehead atoms. The summed E-state index contributed by atoms with van der Waals surface area (Å²) >= 11 is 1.08. The van der Waals surface area contributed by atoms with E-state index in [-0.39, 0.29) is 27.8 Å². The van der Waals surface area contributed by atoms with Gasteiger partial charge in [-0.25, -0.2) is 9.97 Å². The third-order valence-electron chi connectivity index (χ3n) is 9.91. The van der Waals surface area contributed by atoms with Gasteiger partial charge in [-0.1, -0.05) is 6.07 Å². The minimum Gasteiger partial charge on any atom is -0.367 e. The van der Waals surface area contributed by atoms with Crippen LogP contribution in [0.1, 0.15) is 66.6 Å². The number of fused-ring (bicyclic) bond motifs is 2. The number of amides is 1. The Morgan fingerprint density at radius 1 is 1.13 bits per heavy atom. The summed E-state index contributed by atoms with van der Waals surface area (Å²) in [6, 6.07) is 10.5. The van der Waals surface area contributed by atoms with Crippen molar-refractivity contribution in [2.24, 2.45) is 5.41 Å². The van der Waals surface area contributed by atoms with Crippen molar-refractivity contribution in [3.63, 3.8) is 0 Å². The Morgan fingerprint density at radius 3 is 2.53 bits per heavy atom. The molecule has 0 atom stereocenters. The van der Waals surface area contributed by atoms with Crippen LogP contribution < -0.4 is 10.6 Å². The van der Waals surface area contributed by atoms with Gasteiger partial charge < -0.3 is 15.2 Å². The summed E-state index contributed by atoms with van der Waals surface area (Å²) in [5, 5.41) is 18.4. The average molecular weight is 636 g/mol. The highest BCUT2D eigenvalue weighted by Crippen LogP contribution is 2.68. The van der Waals surface area contributed by atoms with Crippen molar-refractivity contribution in [2.45, 2.75) is 90.1 Å². The number of rotatable bonds is 8. The third-order valence-corrected chi connectivity index (χ3v) is 10.9. The summed E-state index contributed by atoms with van der Waals surface area (Å²) in [6.45, 7) is 8.86. The van der Waals surface area contributed by atoms with Gasteiger partial charge in [-0.3, -0.25) is 9.69 Å². The highest BCUT2D eigenvalue weighted by atomic mass is 32.1. The molecular weight excluding hydrogens is 599 g/mol. The molecule has 3 aromatic heterocycles. The first-order chi connectivity index (χ1) is 21.3. The highest BCUT2D eigenvalue weighted by molar-refractivity contribution is 7.18. The van der Waals surface area contributed by atoms with Gasteiger partial charge >= 0.3 is 6.18 Å². The molecule has 8 nitrogen and oxygen atoms in total. The Bertz CT molecular complexity index is 1840. The van der Waals surface area contributed by atoms with Crippen LogP contribution in [0, 0.1) is 30.6 Å². The second-order valence-electron chi connectivity index (χ2n) is 13.5. The predicted octanol–water partition coefficient (Wildman–Crippen LogP) is 6.37. The Labute approximate surface area is 263 Å². The number of nitrogens with zero attached hydrogens (tertiary/aromatic N) is 5. The van der Waals surface area contributed by atoms with E-state index in [0.29, 0.717) is 27.6 Å². The number of aromatic nitrogens is 3. The lowest BCUT2D eigenvalue weighted by Gasteiger charge is -2.70. The molecule has 2 N–H and O–H groups in total. The molecule has 4 heterocycles. The van der Waals surface area contributed by atoms with Crippen molar-refractivity contribution >= 4 is 44.2 Å². The normalized spacial score (nSPS) is 23.5. The van der Waals surface area contributed by atoms with Gasteiger partial charge in [-0.2, -0.15) is 18.4 Å². The van der Waals surface area contributed by atoms with Crippen LogP contribution in [0.5, 0.6) is 0 Å². The molecule has 12 heteroatoms. The van der Waals surface area contributed by atoms with Crippen LogP contribution in [0.15, 0.2) is 24.3 Å². The number of piperidine rings is 1. The first kappa shape index (κ1) is 30.0. The van der Waals surface area contributed by atoms with Crippen LogP contribution >= 0.6 is 11.3 Å². The first-order valence-electron chi connectivity index (χ1n) is 15.5. The predicted molar refractivity (Wildman–Crippen MR) is 168 cm³/mol.